The number of tetrazole rings is 1. The SMILES string of the molecule is CCCC(c1nnnn1Cc1ccc(F)cc1)N1CCN(Cc2ccccc2OC)CC1. The van der Waals surface area contributed by atoms with Crippen molar-refractivity contribution in [2.24, 2.45) is 0 Å². The van der Waals surface area contributed by atoms with Crippen LogP contribution in [0.25, 0.3) is 0 Å². The third-order valence-electron chi connectivity index (χ3n) is 6.10. The molecule has 0 spiro atoms. The Labute approximate surface area is 188 Å². The van der Waals surface area contributed by atoms with E-state index in [1.54, 1.807) is 19.2 Å². The van der Waals surface area contributed by atoms with Gasteiger partial charge < -0.3 is 4.74 Å². The molecule has 0 radical (unpaired) electrons. The van der Waals surface area contributed by atoms with E-state index in [-0.39, 0.29) is 11.9 Å². The summed E-state index contributed by atoms with van der Waals surface area (Å²) >= 11 is 0. The van der Waals surface area contributed by atoms with E-state index < -0.39 is 0 Å². The predicted octanol–water partition coefficient (Wildman–Crippen LogP) is 3.53. The van der Waals surface area contributed by atoms with Gasteiger partial charge in [-0.3, -0.25) is 9.80 Å². The van der Waals surface area contributed by atoms with Crippen LogP contribution in [0.15, 0.2) is 48.5 Å². The van der Waals surface area contributed by atoms with Crippen molar-refractivity contribution in [3.05, 3.63) is 71.3 Å². The first-order valence-electron chi connectivity index (χ1n) is 11.3. The number of aromatic nitrogens is 4. The lowest BCUT2D eigenvalue weighted by molar-refractivity contribution is 0.0816. The summed E-state index contributed by atoms with van der Waals surface area (Å²) in [6.07, 6.45) is 2.05. The smallest absolute Gasteiger partial charge is 0.168 e. The average Bonchev–Trinajstić information content (AvgIpc) is 3.28. The highest BCUT2D eigenvalue weighted by molar-refractivity contribution is 5.33. The Bertz CT molecular complexity index is 984. The fourth-order valence-electron chi connectivity index (χ4n) is 4.38. The number of benzene rings is 2. The van der Waals surface area contributed by atoms with Crippen LogP contribution in [0.1, 0.15) is 42.8 Å². The molecule has 1 aliphatic heterocycles. The maximum Gasteiger partial charge on any atom is 0.168 e. The van der Waals surface area contributed by atoms with Gasteiger partial charge >= 0.3 is 0 Å². The monoisotopic (exact) mass is 438 g/mol. The summed E-state index contributed by atoms with van der Waals surface area (Å²) in [4.78, 5) is 4.97. The summed E-state index contributed by atoms with van der Waals surface area (Å²) < 4.78 is 20.6. The second-order valence-corrected chi connectivity index (χ2v) is 8.25. The number of para-hydroxylation sites is 1. The highest BCUT2D eigenvalue weighted by Gasteiger charge is 2.28. The largest absolute Gasteiger partial charge is 0.496 e. The molecule has 0 bridgehead atoms. The summed E-state index contributed by atoms with van der Waals surface area (Å²) in [5.74, 6) is 1.59. The number of ether oxygens (including phenoxy) is 1. The summed E-state index contributed by atoms with van der Waals surface area (Å²) in [6, 6.07) is 14.9. The van der Waals surface area contributed by atoms with E-state index in [0.29, 0.717) is 6.54 Å². The van der Waals surface area contributed by atoms with Crippen LogP contribution >= 0.6 is 0 Å². The number of piperazine rings is 1. The molecule has 1 aromatic heterocycles. The van der Waals surface area contributed by atoms with E-state index in [4.69, 9.17) is 4.74 Å². The Morgan fingerprint density at radius 1 is 1.00 bits per heavy atom. The topological polar surface area (TPSA) is 59.3 Å². The molecule has 32 heavy (non-hydrogen) atoms. The van der Waals surface area contributed by atoms with Gasteiger partial charge in [-0.05, 0) is 40.6 Å². The molecule has 0 amide bonds. The van der Waals surface area contributed by atoms with Gasteiger partial charge in [0.15, 0.2) is 5.82 Å². The van der Waals surface area contributed by atoms with Crippen molar-refractivity contribution in [1.29, 1.82) is 0 Å². The Balaban J connectivity index is 1.42. The van der Waals surface area contributed by atoms with Gasteiger partial charge in [-0.1, -0.05) is 43.7 Å². The average molecular weight is 439 g/mol. The standard InChI is InChI=1S/C24H31FN6O/c1-3-6-22(24-26-27-28-31(24)17-19-9-11-21(25)12-10-19)30-15-13-29(14-16-30)18-20-7-4-5-8-23(20)32-2/h4-5,7-12,22H,3,6,13-18H2,1-2H3. The Hall–Kier alpha value is -2.84. The fraction of sp³-hybridized carbons (Fsp3) is 0.458. The molecule has 7 nitrogen and oxygen atoms in total. The van der Waals surface area contributed by atoms with Crippen LogP contribution in [-0.4, -0.2) is 63.3 Å². The number of nitrogens with zero attached hydrogens (tertiary/aromatic N) is 6. The van der Waals surface area contributed by atoms with Crippen LogP contribution in [-0.2, 0) is 13.1 Å². The third kappa shape index (κ3) is 5.31. The summed E-state index contributed by atoms with van der Waals surface area (Å²) in [5.41, 5.74) is 2.20. The zero-order valence-corrected chi connectivity index (χ0v) is 18.8. The molecule has 4 rings (SSSR count). The van der Waals surface area contributed by atoms with Crippen molar-refractivity contribution in [3.63, 3.8) is 0 Å². The maximum absolute atomic E-state index is 13.3. The first kappa shape index (κ1) is 22.4. The van der Waals surface area contributed by atoms with Gasteiger partial charge in [0.05, 0.1) is 19.7 Å². The van der Waals surface area contributed by atoms with Crippen LogP contribution < -0.4 is 4.74 Å². The molecule has 1 saturated heterocycles. The molecule has 0 N–H and O–H groups in total. The van der Waals surface area contributed by atoms with Gasteiger partial charge in [-0.2, -0.15) is 0 Å². The molecular weight excluding hydrogens is 407 g/mol. The van der Waals surface area contributed by atoms with Crippen molar-refractivity contribution in [2.75, 3.05) is 33.3 Å². The molecule has 1 atom stereocenters. The molecule has 8 heteroatoms. The van der Waals surface area contributed by atoms with Crippen LogP contribution in [0.5, 0.6) is 5.75 Å². The second kappa shape index (κ2) is 10.7. The minimum absolute atomic E-state index is 0.170. The van der Waals surface area contributed by atoms with E-state index in [9.17, 15) is 4.39 Å². The van der Waals surface area contributed by atoms with Gasteiger partial charge in [0.2, 0.25) is 0 Å². The Morgan fingerprint density at radius 2 is 1.75 bits per heavy atom. The lowest BCUT2D eigenvalue weighted by atomic mass is 10.1. The number of halogens is 1. The molecule has 1 fully saturated rings. The maximum atomic E-state index is 13.3. The summed E-state index contributed by atoms with van der Waals surface area (Å²) in [7, 11) is 1.72. The zero-order chi connectivity index (χ0) is 22.3. The Kier molecular flexibility index (Phi) is 7.44. The molecule has 1 unspecified atom stereocenters. The Morgan fingerprint density at radius 3 is 2.47 bits per heavy atom. The molecule has 2 heterocycles. The van der Waals surface area contributed by atoms with Crippen LogP contribution in [0.4, 0.5) is 4.39 Å². The van der Waals surface area contributed by atoms with Gasteiger partial charge in [-0.25, -0.2) is 9.07 Å². The number of hydrogen-bond acceptors (Lipinski definition) is 6. The lowest BCUT2D eigenvalue weighted by Crippen LogP contribution is -2.47. The minimum atomic E-state index is -0.236. The quantitative estimate of drug-likeness (QED) is 0.509. The second-order valence-electron chi connectivity index (χ2n) is 8.25. The van der Waals surface area contributed by atoms with Gasteiger partial charge in [0.1, 0.15) is 11.6 Å². The van der Waals surface area contributed by atoms with E-state index >= 15 is 0 Å². The van der Waals surface area contributed by atoms with E-state index in [1.165, 1.54) is 17.7 Å². The molecule has 170 valence electrons. The van der Waals surface area contributed by atoms with Crippen molar-refractivity contribution in [2.45, 2.75) is 38.9 Å². The van der Waals surface area contributed by atoms with Gasteiger partial charge in [0.25, 0.3) is 0 Å². The first-order valence-corrected chi connectivity index (χ1v) is 11.3. The van der Waals surface area contributed by atoms with Crippen LogP contribution in [0.3, 0.4) is 0 Å². The summed E-state index contributed by atoms with van der Waals surface area (Å²) in [6.45, 7) is 7.51. The van der Waals surface area contributed by atoms with Crippen molar-refractivity contribution >= 4 is 0 Å². The van der Waals surface area contributed by atoms with E-state index in [0.717, 1.165) is 62.7 Å². The lowest BCUT2D eigenvalue weighted by Gasteiger charge is -2.38. The normalized spacial score (nSPS) is 16.2. The molecule has 0 saturated carbocycles. The molecule has 2 aromatic carbocycles. The molecule has 1 aliphatic rings. The van der Waals surface area contributed by atoms with E-state index in [2.05, 4.69) is 44.4 Å². The van der Waals surface area contributed by atoms with Crippen molar-refractivity contribution in [1.82, 2.24) is 30.0 Å². The van der Waals surface area contributed by atoms with Crippen molar-refractivity contribution in [3.8, 4) is 5.75 Å². The molecule has 3 aromatic rings. The fourth-order valence-corrected chi connectivity index (χ4v) is 4.38. The number of hydrogen-bond donors (Lipinski definition) is 0. The van der Waals surface area contributed by atoms with E-state index in [1.807, 2.05) is 16.8 Å². The number of rotatable bonds is 9. The summed E-state index contributed by atoms with van der Waals surface area (Å²) in [5, 5.41) is 12.6. The third-order valence-corrected chi connectivity index (χ3v) is 6.10. The number of methoxy groups -OCH3 is 1. The van der Waals surface area contributed by atoms with Gasteiger partial charge in [-0.15, -0.1) is 5.10 Å². The van der Waals surface area contributed by atoms with Crippen molar-refractivity contribution < 1.29 is 9.13 Å². The highest BCUT2D eigenvalue weighted by Crippen LogP contribution is 2.27. The molecule has 0 aliphatic carbocycles. The zero-order valence-electron chi connectivity index (χ0n) is 18.8. The highest BCUT2D eigenvalue weighted by atomic mass is 19.1. The van der Waals surface area contributed by atoms with Crippen LogP contribution in [0.2, 0.25) is 0 Å². The molecular formula is C24H31FN6O. The van der Waals surface area contributed by atoms with Gasteiger partial charge in [0, 0.05) is 38.3 Å². The van der Waals surface area contributed by atoms with Crippen LogP contribution in [0, 0.1) is 5.82 Å². The predicted molar refractivity (Wildman–Crippen MR) is 121 cm³/mol. The first-order chi connectivity index (χ1) is 15.7. The minimum Gasteiger partial charge on any atom is -0.496 e.